The number of benzene rings is 2. The number of para-hydroxylation sites is 2. The van der Waals surface area contributed by atoms with Crippen LogP contribution in [0.3, 0.4) is 0 Å². The van der Waals surface area contributed by atoms with Gasteiger partial charge < -0.3 is 10.6 Å². The third-order valence-electron chi connectivity index (χ3n) is 5.35. The van der Waals surface area contributed by atoms with E-state index >= 15 is 0 Å². The van der Waals surface area contributed by atoms with E-state index in [4.69, 9.17) is 0 Å². The van der Waals surface area contributed by atoms with Gasteiger partial charge in [-0.05, 0) is 41.0 Å². The number of hydrogen-bond donors (Lipinski definition) is 2. The lowest BCUT2D eigenvalue weighted by Crippen LogP contribution is -2.18. The SMILES string of the molecule is CCCCCCNc1ccccc1CC(=O)Nc1c(C(C)C)cccc1C(C)C. The maximum atomic E-state index is 13.0. The zero-order valence-electron chi connectivity index (χ0n) is 18.8. The Bertz CT molecular complexity index is 754. The van der Waals surface area contributed by atoms with Gasteiger partial charge in [0, 0.05) is 17.9 Å². The van der Waals surface area contributed by atoms with Crippen molar-refractivity contribution >= 4 is 17.3 Å². The molecule has 0 fully saturated rings. The van der Waals surface area contributed by atoms with Crippen LogP contribution in [0.4, 0.5) is 11.4 Å². The van der Waals surface area contributed by atoms with Crippen molar-refractivity contribution in [1.29, 1.82) is 0 Å². The second kappa shape index (κ2) is 11.6. The van der Waals surface area contributed by atoms with E-state index < -0.39 is 0 Å². The van der Waals surface area contributed by atoms with E-state index in [1.165, 1.54) is 30.4 Å². The van der Waals surface area contributed by atoms with Crippen molar-refractivity contribution in [1.82, 2.24) is 0 Å². The van der Waals surface area contributed by atoms with Crippen LogP contribution in [0, 0.1) is 0 Å². The highest BCUT2D eigenvalue weighted by atomic mass is 16.1. The minimum atomic E-state index is 0.0419. The minimum absolute atomic E-state index is 0.0419. The van der Waals surface area contributed by atoms with E-state index in [-0.39, 0.29) is 5.91 Å². The van der Waals surface area contributed by atoms with Gasteiger partial charge in [-0.3, -0.25) is 4.79 Å². The molecule has 2 aromatic carbocycles. The number of rotatable bonds is 11. The van der Waals surface area contributed by atoms with Gasteiger partial charge in [-0.2, -0.15) is 0 Å². The molecule has 0 aliphatic heterocycles. The zero-order valence-corrected chi connectivity index (χ0v) is 18.8. The molecule has 0 saturated carbocycles. The van der Waals surface area contributed by atoms with Gasteiger partial charge in [0.1, 0.15) is 0 Å². The molecule has 0 saturated heterocycles. The Labute approximate surface area is 177 Å². The lowest BCUT2D eigenvalue weighted by Gasteiger charge is -2.20. The van der Waals surface area contributed by atoms with Crippen LogP contribution in [0.15, 0.2) is 42.5 Å². The first-order chi connectivity index (χ1) is 13.9. The first-order valence-corrected chi connectivity index (χ1v) is 11.2. The summed E-state index contributed by atoms with van der Waals surface area (Å²) >= 11 is 0. The molecule has 2 N–H and O–H groups in total. The van der Waals surface area contributed by atoms with E-state index in [1.807, 2.05) is 18.2 Å². The Morgan fingerprint density at radius 2 is 1.52 bits per heavy atom. The third kappa shape index (κ3) is 6.92. The number of carbonyl (C=O) groups excluding carboxylic acids is 1. The number of unbranched alkanes of at least 4 members (excludes halogenated alkanes) is 3. The van der Waals surface area contributed by atoms with Crippen LogP contribution in [0.5, 0.6) is 0 Å². The molecule has 0 heterocycles. The van der Waals surface area contributed by atoms with Crippen LogP contribution in [-0.2, 0) is 11.2 Å². The van der Waals surface area contributed by atoms with Crippen molar-refractivity contribution < 1.29 is 4.79 Å². The summed E-state index contributed by atoms with van der Waals surface area (Å²) in [5, 5.41) is 6.76. The Balaban J connectivity index is 2.10. The first kappa shape index (κ1) is 23.0. The Kier molecular flexibility index (Phi) is 9.24. The second-order valence-electron chi connectivity index (χ2n) is 8.49. The van der Waals surface area contributed by atoms with E-state index in [9.17, 15) is 4.79 Å². The molecule has 3 heteroatoms. The van der Waals surface area contributed by atoms with Crippen molar-refractivity contribution in [3.63, 3.8) is 0 Å². The van der Waals surface area contributed by atoms with Crippen LogP contribution in [0.25, 0.3) is 0 Å². The van der Waals surface area contributed by atoms with E-state index in [2.05, 4.69) is 69.5 Å². The molecule has 0 bridgehead atoms. The summed E-state index contributed by atoms with van der Waals surface area (Å²) in [6, 6.07) is 14.5. The van der Waals surface area contributed by atoms with Gasteiger partial charge in [0.2, 0.25) is 5.91 Å². The van der Waals surface area contributed by atoms with Gasteiger partial charge in [-0.25, -0.2) is 0 Å². The van der Waals surface area contributed by atoms with Crippen molar-refractivity contribution in [3.8, 4) is 0 Å². The molecule has 29 heavy (non-hydrogen) atoms. The first-order valence-electron chi connectivity index (χ1n) is 11.2. The largest absolute Gasteiger partial charge is 0.385 e. The average molecular weight is 395 g/mol. The Morgan fingerprint density at radius 1 is 0.862 bits per heavy atom. The fraction of sp³-hybridized carbons (Fsp3) is 0.500. The molecule has 2 aromatic rings. The highest BCUT2D eigenvalue weighted by molar-refractivity contribution is 5.94. The predicted octanol–water partition coefficient (Wildman–Crippen LogP) is 7.11. The maximum absolute atomic E-state index is 13.0. The molecular weight excluding hydrogens is 356 g/mol. The molecule has 0 aliphatic rings. The zero-order chi connectivity index (χ0) is 21.2. The molecule has 0 radical (unpaired) electrons. The monoisotopic (exact) mass is 394 g/mol. The summed E-state index contributed by atoms with van der Waals surface area (Å²) in [5.74, 6) is 0.766. The summed E-state index contributed by atoms with van der Waals surface area (Å²) in [6.45, 7) is 11.9. The standard InChI is InChI=1S/C26H38N2O/c1-6-7-8-11-17-27-24-16-10-9-13-21(24)18-25(29)28-26-22(19(2)3)14-12-15-23(26)20(4)5/h9-10,12-16,19-20,27H,6-8,11,17-18H2,1-5H3,(H,28,29). The highest BCUT2D eigenvalue weighted by Gasteiger charge is 2.16. The normalized spacial score (nSPS) is 11.1. The third-order valence-corrected chi connectivity index (χ3v) is 5.35. The van der Waals surface area contributed by atoms with Crippen LogP contribution in [-0.4, -0.2) is 12.5 Å². The summed E-state index contributed by atoms with van der Waals surface area (Å²) in [6.07, 6.45) is 5.30. The Hall–Kier alpha value is -2.29. The molecule has 1 amide bonds. The van der Waals surface area contributed by atoms with Crippen molar-refractivity contribution in [2.24, 2.45) is 0 Å². The van der Waals surface area contributed by atoms with Gasteiger partial charge in [0.05, 0.1) is 6.42 Å². The molecule has 0 unspecified atom stereocenters. The van der Waals surface area contributed by atoms with Gasteiger partial charge in [-0.15, -0.1) is 0 Å². The molecule has 0 atom stereocenters. The molecular formula is C26H38N2O. The summed E-state index contributed by atoms with van der Waals surface area (Å²) in [5.41, 5.74) is 5.51. The highest BCUT2D eigenvalue weighted by Crippen LogP contribution is 2.32. The topological polar surface area (TPSA) is 41.1 Å². The summed E-state index contributed by atoms with van der Waals surface area (Å²) < 4.78 is 0. The smallest absolute Gasteiger partial charge is 0.228 e. The van der Waals surface area contributed by atoms with Gasteiger partial charge in [-0.1, -0.05) is 90.3 Å². The summed E-state index contributed by atoms with van der Waals surface area (Å²) in [7, 11) is 0. The Morgan fingerprint density at radius 3 is 2.14 bits per heavy atom. The number of carbonyl (C=O) groups is 1. The number of hydrogen-bond acceptors (Lipinski definition) is 2. The van der Waals surface area contributed by atoms with Crippen LogP contribution < -0.4 is 10.6 Å². The van der Waals surface area contributed by atoms with E-state index in [0.717, 1.165) is 29.9 Å². The number of anilines is 2. The van der Waals surface area contributed by atoms with Crippen LogP contribution in [0.2, 0.25) is 0 Å². The second-order valence-corrected chi connectivity index (χ2v) is 8.49. The van der Waals surface area contributed by atoms with Crippen molar-refractivity contribution in [2.45, 2.75) is 78.6 Å². The van der Waals surface area contributed by atoms with Crippen LogP contribution in [0.1, 0.15) is 88.8 Å². The van der Waals surface area contributed by atoms with E-state index in [1.54, 1.807) is 0 Å². The van der Waals surface area contributed by atoms with Crippen molar-refractivity contribution in [2.75, 3.05) is 17.2 Å². The van der Waals surface area contributed by atoms with E-state index in [0.29, 0.717) is 18.3 Å². The fourth-order valence-corrected chi connectivity index (χ4v) is 3.67. The molecule has 158 valence electrons. The quantitative estimate of drug-likeness (QED) is 0.399. The predicted molar refractivity (Wildman–Crippen MR) is 126 cm³/mol. The maximum Gasteiger partial charge on any atom is 0.228 e. The average Bonchev–Trinajstić information content (AvgIpc) is 2.68. The van der Waals surface area contributed by atoms with Gasteiger partial charge in [0.25, 0.3) is 0 Å². The number of nitrogens with one attached hydrogen (secondary N) is 2. The van der Waals surface area contributed by atoms with Gasteiger partial charge in [0.15, 0.2) is 0 Å². The molecule has 0 aliphatic carbocycles. The lowest BCUT2D eigenvalue weighted by molar-refractivity contribution is -0.115. The lowest BCUT2D eigenvalue weighted by atomic mass is 9.92. The minimum Gasteiger partial charge on any atom is -0.385 e. The molecule has 0 spiro atoms. The number of amides is 1. The molecule has 2 rings (SSSR count). The fourth-order valence-electron chi connectivity index (χ4n) is 3.67. The molecule has 3 nitrogen and oxygen atoms in total. The van der Waals surface area contributed by atoms with Crippen molar-refractivity contribution in [3.05, 3.63) is 59.2 Å². The summed E-state index contributed by atoms with van der Waals surface area (Å²) in [4.78, 5) is 13.0. The van der Waals surface area contributed by atoms with Crippen LogP contribution >= 0.6 is 0 Å². The molecule has 0 aromatic heterocycles. The van der Waals surface area contributed by atoms with Gasteiger partial charge >= 0.3 is 0 Å².